The van der Waals surface area contributed by atoms with Crippen molar-refractivity contribution in [3.05, 3.63) is 47.1 Å². The van der Waals surface area contributed by atoms with Gasteiger partial charge in [-0.3, -0.25) is 0 Å². The zero-order chi connectivity index (χ0) is 16.1. The van der Waals surface area contributed by atoms with Crippen LogP contribution in [0.1, 0.15) is 66.7 Å². The summed E-state index contributed by atoms with van der Waals surface area (Å²) in [5, 5.41) is 0. The van der Waals surface area contributed by atoms with Crippen LogP contribution in [0, 0.1) is 5.92 Å². The molecule has 0 aromatic rings. The quantitative estimate of drug-likeness (QED) is 0.494. The highest BCUT2D eigenvalue weighted by atomic mass is 14.5. The van der Waals surface area contributed by atoms with Gasteiger partial charge in [0.1, 0.15) is 0 Å². The summed E-state index contributed by atoms with van der Waals surface area (Å²) in [6.07, 6.45) is 17.1. The highest BCUT2D eigenvalue weighted by Gasteiger charge is 1.98. The average molecular weight is 290 g/mol. The molecule has 0 saturated carbocycles. The summed E-state index contributed by atoms with van der Waals surface area (Å²) in [7, 11) is 0. The van der Waals surface area contributed by atoms with Crippen LogP contribution in [-0.4, -0.2) is 6.54 Å². The van der Waals surface area contributed by atoms with Gasteiger partial charge in [-0.25, -0.2) is 0 Å². The number of hydrogen-bond donors (Lipinski definition) is 1. The maximum absolute atomic E-state index is 5.51. The van der Waals surface area contributed by atoms with Crippen molar-refractivity contribution in [2.75, 3.05) is 6.54 Å². The van der Waals surface area contributed by atoms with E-state index in [1.807, 2.05) is 0 Å². The Morgan fingerprint density at radius 2 is 1.43 bits per heavy atom. The summed E-state index contributed by atoms with van der Waals surface area (Å²) < 4.78 is 0. The third-order valence-electron chi connectivity index (χ3n) is 3.69. The van der Waals surface area contributed by atoms with E-state index in [2.05, 4.69) is 65.0 Å². The molecule has 0 aromatic carbocycles. The topological polar surface area (TPSA) is 26.0 Å². The van der Waals surface area contributed by atoms with E-state index in [9.17, 15) is 0 Å². The first-order chi connectivity index (χ1) is 9.99. The van der Waals surface area contributed by atoms with Crippen LogP contribution in [0.15, 0.2) is 47.1 Å². The summed E-state index contributed by atoms with van der Waals surface area (Å²) >= 11 is 0. The molecule has 0 heterocycles. The molecule has 0 rings (SSSR count). The Hall–Kier alpha value is -1.08. The van der Waals surface area contributed by atoms with Gasteiger partial charge in [0, 0.05) is 6.54 Å². The molecule has 120 valence electrons. The van der Waals surface area contributed by atoms with Crippen molar-refractivity contribution >= 4 is 0 Å². The molecule has 1 atom stereocenters. The van der Waals surface area contributed by atoms with Crippen molar-refractivity contribution in [2.45, 2.75) is 66.7 Å². The van der Waals surface area contributed by atoms with Gasteiger partial charge in [0.15, 0.2) is 0 Å². The summed E-state index contributed by atoms with van der Waals surface area (Å²) in [5.41, 5.74) is 9.91. The summed E-state index contributed by atoms with van der Waals surface area (Å²) in [6, 6.07) is 0. The lowest BCUT2D eigenvalue weighted by Gasteiger charge is -2.06. The maximum atomic E-state index is 5.51. The van der Waals surface area contributed by atoms with Crippen LogP contribution in [0.4, 0.5) is 0 Å². The predicted octanol–water partition coefficient (Wildman–Crippen LogP) is 5.95. The van der Waals surface area contributed by atoms with E-state index < -0.39 is 0 Å². The molecule has 2 N–H and O–H groups in total. The van der Waals surface area contributed by atoms with Crippen LogP contribution in [0.5, 0.6) is 0 Å². The largest absolute Gasteiger partial charge is 0.327 e. The lowest BCUT2D eigenvalue weighted by molar-refractivity contribution is 0.711. The van der Waals surface area contributed by atoms with Gasteiger partial charge < -0.3 is 5.73 Å². The molecule has 0 bridgehead atoms. The van der Waals surface area contributed by atoms with Crippen molar-refractivity contribution in [2.24, 2.45) is 11.7 Å². The van der Waals surface area contributed by atoms with Crippen LogP contribution in [-0.2, 0) is 0 Å². The molecule has 0 aliphatic carbocycles. The Bertz CT molecular complexity index is 383. The molecular formula is C20H35N. The normalized spacial score (nSPS) is 15.8. The Morgan fingerprint density at radius 3 is 1.95 bits per heavy atom. The molecule has 21 heavy (non-hydrogen) atoms. The summed E-state index contributed by atoms with van der Waals surface area (Å²) in [5.74, 6) is 0.653. The summed E-state index contributed by atoms with van der Waals surface area (Å²) in [6.45, 7) is 11.7. The first-order valence-corrected chi connectivity index (χ1v) is 8.29. The van der Waals surface area contributed by atoms with Crippen LogP contribution < -0.4 is 5.73 Å². The zero-order valence-corrected chi connectivity index (χ0v) is 14.8. The van der Waals surface area contributed by atoms with Crippen molar-refractivity contribution < 1.29 is 0 Å². The standard InChI is InChI=1S/C20H35N/c1-6-9-19(4)16-20(5)13-8-11-17(2)10-7-12-18(3)14-15-21/h6,9-10,13-14,19H,7-8,11-12,15-16,21H2,1-5H3. The lowest BCUT2D eigenvalue weighted by atomic mass is 10.00. The number of nitrogens with two attached hydrogens (primary N) is 1. The van der Waals surface area contributed by atoms with Crippen molar-refractivity contribution in [1.82, 2.24) is 0 Å². The monoisotopic (exact) mass is 289 g/mol. The van der Waals surface area contributed by atoms with Gasteiger partial charge in [-0.1, -0.05) is 54.0 Å². The lowest BCUT2D eigenvalue weighted by Crippen LogP contribution is -1.94. The first kappa shape index (κ1) is 19.9. The van der Waals surface area contributed by atoms with Crippen LogP contribution in [0.2, 0.25) is 0 Å². The molecular weight excluding hydrogens is 254 g/mol. The smallest absolute Gasteiger partial charge is 0.0109 e. The molecule has 0 aliphatic heterocycles. The van der Waals surface area contributed by atoms with E-state index in [1.165, 1.54) is 29.6 Å². The second-order valence-electron chi connectivity index (χ2n) is 6.17. The van der Waals surface area contributed by atoms with Gasteiger partial charge in [0.2, 0.25) is 0 Å². The molecule has 0 aromatic heterocycles. The molecule has 1 nitrogen and oxygen atoms in total. The Labute approximate surface area is 132 Å². The molecule has 0 aliphatic rings. The molecule has 0 radical (unpaired) electrons. The summed E-state index contributed by atoms with van der Waals surface area (Å²) in [4.78, 5) is 0. The molecule has 0 saturated heterocycles. The van der Waals surface area contributed by atoms with E-state index in [4.69, 9.17) is 5.73 Å². The van der Waals surface area contributed by atoms with Crippen LogP contribution >= 0.6 is 0 Å². The molecule has 0 spiro atoms. The van der Waals surface area contributed by atoms with E-state index >= 15 is 0 Å². The van der Waals surface area contributed by atoms with Gasteiger partial charge in [-0.05, 0) is 65.7 Å². The fourth-order valence-corrected chi connectivity index (χ4v) is 2.49. The first-order valence-electron chi connectivity index (χ1n) is 8.29. The Morgan fingerprint density at radius 1 is 0.905 bits per heavy atom. The number of allylic oxidation sites excluding steroid dienone is 7. The predicted molar refractivity (Wildman–Crippen MR) is 97.4 cm³/mol. The maximum Gasteiger partial charge on any atom is 0.0109 e. The fraction of sp³-hybridized carbons (Fsp3) is 0.600. The minimum atomic E-state index is 0.653. The Balaban J connectivity index is 4.01. The SMILES string of the molecule is CC=CC(C)CC(C)=CCCC(C)=CCCC(C)=CCN. The second-order valence-corrected chi connectivity index (χ2v) is 6.17. The van der Waals surface area contributed by atoms with Gasteiger partial charge >= 0.3 is 0 Å². The van der Waals surface area contributed by atoms with E-state index in [-0.39, 0.29) is 0 Å². The highest BCUT2D eigenvalue weighted by molar-refractivity contribution is 5.07. The van der Waals surface area contributed by atoms with Crippen molar-refractivity contribution in [3.63, 3.8) is 0 Å². The minimum absolute atomic E-state index is 0.653. The third kappa shape index (κ3) is 12.4. The van der Waals surface area contributed by atoms with Crippen molar-refractivity contribution in [3.8, 4) is 0 Å². The second kappa shape index (κ2) is 12.6. The van der Waals surface area contributed by atoms with E-state index in [0.29, 0.717) is 12.5 Å². The van der Waals surface area contributed by atoms with Crippen LogP contribution in [0.3, 0.4) is 0 Å². The third-order valence-corrected chi connectivity index (χ3v) is 3.69. The van der Waals surface area contributed by atoms with E-state index in [1.54, 1.807) is 0 Å². The number of hydrogen-bond acceptors (Lipinski definition) is 1. The van der Waals surface area contributed by atoms with Crippen molar-refractivity contribution in [1.29, 1.82) is 0 Å². The van der Waals surface area contributed by atoms with Gasteiger partial charge in [0.05, 0.1) is 0 Å². The zero-order valence-electron chi connectivity index (χ0n) is 14.8. The van der Waals surface area contributed by atoms with Gasteiger partial charge in [-0.15, -0.1) is 0 Å². The molecule has 0 fully saturated rings. The average Bonchev–Trinajstić information content (AvgIpc) is 2.39. The number of rotatable bonds is 10. The van der Waals surface area contributed by atoms with Gasteiger partial charge in [0.25, 0.3) is 0 Å². The molecule has 0 amide bonds. The highest BCUT2D eigenvalue weighted by Crippen LogP contribution is 2.15. The molecule has 1 heteroatoms. The van der Waals surface area contributed by atoms with Crippen LogP contribution in [0.25, 0.3) is 0 Å². The fourth-order valence-electron chi connectivity index (χ4n) is 2.49. The minimum Gasteiger partial charge on any atom is -0.327 e. The Kier molecular flexibility index (Phi) is 12.0. The molecule has 1 unspecified atom stereocenters. The van der Waals surface area contributed by atoms with E-state index in [0.717, 1.165) is 19.3 Å². The van der Waals surface area contributed by atoms with Gasteiger partial charge in [-0.2, -0.15) is 0 Å².